The van der Waals surface area contributed by atoms with Crippen molar-refractivity contribution in [2.45, 2.75) is 13.3 Å². The number of nitrogens with zero attached hydrogens (tertiary/aromatic N) is 2. The van der Waals surface area contributed by atoms with E-state index in [9.17, 15) is 4.79 Å². The zero-order valence-electron chi connectivity index (χ0n) is 10.9. The minimum absolute atomic E-state index is 0.253. The van der Waals surface area contributed by atoms with E-state index in [1.54, 1.807) is 0 Å². The summed E-state index contributed by atoms with van der Waals surface area (Å²) in [7, 11) is 1.48. The molecule has 2 rings (SSSR count). The summed E-state index contributed by atoms with van der Waals surface area (Å²) in [5.41, 5.74) is -0.253. The number of methoxy groups -OCH3 is 1. The molecule has 0 radical (unpaired) electrons. The number of H-pyrrole nitrogens is 1. The average molecular weight is 252 g/mol. The molecule has 2 heterocycles. The van der Waals surface area contributed by atoms with Gasteiger partial charge in [-0.3, -0.25) is 4.79 Å². The van der Waals surface area contributed by atoms with Crippen molar-refractivity contribution in [2.24, 2.45) is 5.92 Å². The standard InChI is InChI=1S/C12H20N4O2/c1-3-16-5-4-9(7-16)6-13-11-10(18-2)12(17)15-8-14-11/h8-9H,3-7H2,1-2H3,(H2,13,14,15,17). The van der Waals surface area contributed by atoms with Crippen molar-refractivity contribution < 1.29 is 4.74 Å². The lowest BCUT2D eigenvalue weighted by atomic mass is 10.1. The smallest absolute Gasteiger partial charge is 0.295 e. The molecule has 1 aliphatic heterocycles. The summed E-state index contributed by atoms with van der Waals surface area (Å²) < 4.78 is 5.05. The Hall–Kier alpha value is -1.56. The fourth-order valence-corrected chi connectivity index (χ4v) is 2.31. The number of likely N-dealkylation sites (tertiary alicyclic amines) is 1. The van der Waals surface area contributed by atoms with E-state index < -0.39 is 0 Å². The minimum Gasteiger partial charge on any atom is -0.489 e. The quantitative estimate of drug-likeness (QED) is 0.800. The molecule has 0 amide bonds. The number of aromatic amines is 1. The maximum atomic E-state index is 11.5. The van der Waals surface area contributed by atoms with Crippen molar-refractivity contribution >= 4 is 5.82 Å². The summed E-state index contributed by atoms with van der Waals surface area (Å²) in [5, 5.41) is 3.21. The van der Waals surface area contributed by atoms with E-state index >= 15 is 0 Å². The molecule has 0 bridgehead atoms. The number of anilines is 1. The third kappa shape index (κ3) is 2.81. The van der Waals surface area contributed by atoms with E-state index in [0.717, 1.165) is 26.2 Å². The van der Waals surface area contributed by atoms with Crippen LogP contribution in [0.1, 0.15) is 13.3 Å². The van der Waals surface area contributed by atoms with Gasteiger partial charge in [-0.1, -0.05) is 6.92 Å². The zero-order valence-corrected chi connectivity index (χ0v) is 10.9. The maximum absolute atomic E-state index is 11.5. The van der Waals surface area contributed by atoms with Crippen molar-refractivity contribution in [1.82, 2.24) is 14.9 Å². The number of nitrogens with one attached hydrogen (secondary N) is 2. The van der Waals surface area contributed by atoms with Crippen LogP contribution in [-0.2, 0) is 0 Å². The summed E-state index contributed by atoms with van der Waals surface area (Å²) in [6, 6.07) is 0. The molecular formula is C12H20N4O2. The summed E-state index contributed by atoms with van der Waals surface area (Å²) in [5.74, 6) is 1.38. The molecule has 1 unspecified atom stereocenters. The van der Waals surface area contributed by atoms with Gasteiger partial charge in [-0.25, -0.2) is 4.98 Å². The summed E-state index contributed by atoms with van der Waals surface area (Å²) in [6.07, 6.45) is 2.58. The highest BCUT2D eigenvalue weighted by atomic mass is 16.5. The Morgan fingerprint density at radius 2 is 2.50 bits per heavy atom. The van der Waals surface area contributed by atoms with Gasteiger partial charge >= 0.3 is 0 Å². The van der Waals surface area contributed by atoms with Gasteiger partial charge in [0.2, 0.25) is 5.75 Å². The number of hydrogen-bond acceptors (Lipinski definition) is 5. The third-order valence-corrected chi connectivity index (χ3v) is 3.39. The highest BCUT2D eigenvalue weighted by molar-refractivity contribution is 5.47. The molecule has 1 saturated heterocycles. The highest BCUT2D eigenvalue weighted by Gasteiger charge is 2.21. The Labute approximate surface area is 106 Å². The fourth-order valence-electron chi connectivity index (χ4n) is 2.31. The largest absolute Gasteiger partial charge is 0.489 e. The van der Waals surface area contributed by atoms with Crippen LogP contribution in [0.2, 0.25) is 0 Å². The number of rotatable bonds is 5. The summed E-state index contributed by atoms with van der Waals surface area (Å²) in [6.45, 7) is 6.36. The van der Waals surface area contributed by atoms with Gasteiger partial charge in [-0.05, 0) is 25.4 Å². The second kappa shape index (κ2) is 5.86. The Balaban J connectivity index is 1.95. The average Bonchev–Trinajstić information content (AvgIpc) is 2.84. The van der Waals surface area contributed by atoms with Crippen LogP contribution in [0.15, 0.2) is 11.1 Å². The Morgan fingerprint density at radius 3 is 3.17 bits per heavy atom. The first-order chi connectivity index (χ1) is 8.74. The van der Waals surface area contributed by atoms with Gasteiger partial charge in [0.25, 0.3) is 5.56 Å². The summed E-state index contributed by atoms with van der Waals surface area (Å²) in [4.78, 5) is 20.5. The van der Waals surface area contributed by atoms with Crippen molar-refractivity contribution in [3.05, 3.63) is 16.7 Å². The highest BCUT2D eigenvalue weighted by Crippen LogP contribution is 2.19. The van der Waals surface area contributed by atoms with Gasteiger partial charge in [0, 0.05) is 13.1 Å². The molecule has 1 fully saturated rings. The Morgan fingerprint density at radius 1 is 1.67 bits per heavy atom. The lowest BCUT2D eigenvalue weighted by molar-refractivity contribution is 0.344. The first-order valence-electron chi connectivity index (χ1n) is 6.32. The molecule has 0 spiro atoms. The normalized spacial score (nSPS) is 20.0. The topological polar surface area (TPSA) is 70.2 Å². The van der Waals surface area contributed by atoms with Crippen molar-refractivity contribution in [1.29, 1.82) is 0 Å². The molecular weight excluding hydrogens is 232 g/mol. The molecule has 1 aliphatic rings. The number of hydrogen-bond donors (Lipinski definition) is 2. The molecule has 2 N–H and O–H groups in total. The molecule has 1 aromatic heterocycles. The first kappa shape index (κ1) is 12.9. The molecule has 1 atom stereocenters. The molecule has 100 valence electrons. The van der Waals surface area contributed by atoms with Gasteiger partial charge in [0.15, 0.2) is 5.82 Å². The van der Waals surface area contributed by atoms with Crippen molar-refractivity contribution in [3.63, 3.8) is 0 Å². The molecule has 1 aromatic rings. The van der Waals surface area contributed by atoms with Crippen LogP contribution in [-0.4, -0.2) is 48.2 Å². The van der Waals surface area contributed by atoms with Gasteiger partial charge in [0.05, 0.1) is 13.4 Å². The lowest BCUT2D eigenvalue weighted by Crippen LogP contribution is -2.23. The van der Waals surface area contributed by atoms with Gasteiger partial charge in [-0.2, -0.15) is 0 Å². The van der Waals surface area contributed by atoms with E-state index in [1.807, 2.05) is 0 Å². The molecule has 18 heavy (non-hydrogen) atoms. The predicted molar refractivity (Wildman–Crippen MR) is 70.1 cm³/mol. The van der Waals surface area contributed by atoms with E-state index in [0.29, 0.717) is 11.7 Å². The second-order valence-electron chi connectivity index (χ2n) is 4.54. The maximum Gasteiger partial charge on any atom is 0.295 e. The van der Waals surface area contributed by atoms with E-state index in [2.05, 4.69) is 27.1 Å². The fraction of sp³-hybridized carbons (Fsp3) is 0.667. The van der Waals surface area contributed by atoms with E-state index in [4.69, 9.17) is 4.74 Å². The molecule has 0 aromatic carbocycles. The van der Waals surface area contributed by atoms with Gasteiger partial charge in [-0.15, -0.1) is 0 Å². The predicted octanol–water partition coefficient (Wildman–Crippen LogP) is 0.532. The van der Waals surface area contributed by atoms with Crippen LogP contribution >= 0.6 is 0 Å². The van der Waals surface area contributed by atoms with Crippen LogP contribution in [0.3, 0.4) is 0 Å². The van der Waals surface area contributed by atoms with Crippen LogP contribution < -0.4 is 15.6 Å². The molecule has 0 aliphatic carbocycles. The van der Waals surface area contributed by atoms with Crippen molar-refractivity contribution in [3.8, 4) is 5.75 Å². The van der Waals surface area contributed by atoms with Crippen LogP contribution in [0.5, 0.6) is 5.75 Å². The second-order valence-corrected chi connectivity index (χ2v) is 4.54. The number of aromatic nitrogens is 2. The zero-order chi connectivity index (χ0) is 13.0. The monoisotopic (exact) mass is 252 g/mol. The van der Waals surface area contributed by atoms with Crippen LogP contribution in [0.25, 0.3) is 0 Å². The van der Waals surface area contributed by atoms with E-state index in [-0.39, 0.29) is 11.3 Å². The van der Waals surface area contributed by atoms with Crippen LogP contribution in [0, 0.1) is 5.92 Å². The molecule has 0 saturated carbocycles. The lowest BCUT2D eigenvalue weighted by Gasteiger charge is -2.14. The van der Waals surface area contributed by atoms with Gasteiger partial charge in [0.1, 0.15) is 0 Å². The number of ether oxygens (including phenoxy) is 1. The molecule has 6 heteroatoms. The van der Waals surface area contributed by atoms with Crippen molar-refractivity contribution in [2.75, 3.05) is 38.6 Å². The van der Waals surface area contributed by atoms with Crippen LogP contribution in [0.4, 0.5) is 5.82 Å². The van der Waals surface area contributed by atoms with Gasteiger partial charge < -0.3 is 19.9 Å². The SMILES string of the molecule is CCN1CCC(CNc2nc[nH]c(=O)c2OC)C1. The first-order valence-corrected chi connectivity index (χ1v) is 6.32. The van der Waals surface area contributed by atoms with E-state index in [1.165, 1.54) is 19.9 Å². The summed E-state index contributed by atoms with van der Waals surface area (Å²) >= 11 is 0. The Bertz CT molecular complexity index is 446. The molecule has 6 nitrogen and oxygen atoms in total. The Kier molecular flexibility index (Phi) is 4.19. The third-order valence-electron chi connectivity index (χ3n) is 3.39. The minimum atomic E-state index is -0.253.